The molecule has 11 heteroatoms. The van der Waals surface area contributed by atoms with Crippen LogP contribution in [0, 0.1) is 5.92 Å². The summed E-state index contributed by atoms with van der Waals surface area (Å²) in [6.45, 7) is 9.30. The maximum atomic E-state index is 13.0. The van der Waals surface area contributed by atoms with Crippen LogP contribution >= 0.6 is 11.6 Å². The molecule has 34 heavy (non-hydrogen) atoms. The van der Waals surface area contributed by atoms with Crippen LogP contribution in [0.15, 0.2) is 23.8 Å². The van der Waals surface area contributed by atoms with Gasteiger partial charge >= 0.3 is 23.9 Å². The Hall–Kier alpha value is -2.43. The first-order valence-electron chi connectivity index (χ1n) is 10.8. The first-order chi connectivity index (χ1) is 15.7. The monoisotopic (exact) mass is 500 g/mol. The molecule has 0 amide bonds. The molecule has 2 saturated heterocycles. The number of hydrogen-bond donors (Lipinski definition) is 1. The number of carbonyl (C=O) groups is 4. The number of rotatable bonds is 5. The van der Waals surface area contributed by atoms with Crippen molar-refractivity contribution in [3.05, 3.63) is 23.8 Å². The minimum atomic E-state index is -2.14. The third-order valence-electron chi connectivity index (χ3n) is 6.61. The molecule has 0 aromatic heterocycles. The number of allylic oxidation sites excluding steroid dienone is 1. The van der Waals surface area contributed by atoms with Crippen LogP contribution < -0.4 is 0 Å². The van der Waals surface area contributed by atoms with E-state index in [1.54, 1.807) is 0 Å². The van der Waals surface area contributed by atoms with E-state index in [0.717, 1.165) is 21.0 Å². The first kappa shape index (κ1) is 26.2. The van der Waals surface area contributed by atoms with Gasteiger partial charge in [0.25, 0.3) is 0 Å². The summed E-state index contributed by atoms with van der Waals surface area (Å²) in [7, 11) is 1.15. The molecule has 2 heterocycles. The van der Waals surface area contributed by atoms with Crippen LogP contribution in [0.25, 0.3) is 0 Å². The fourth-order valence-electron chi connectivity index (χ4n) is 4.28. The third kappa shape index (κ3) is 4.71. The largest absolute Gasteiger partial charge is 0.466 e. The lowest BCUT2D eigenvalue weighted by molar-refractivity contribution is -0.184. The van der Waals surface area contributed by atoms with Gasteiger partial charge in [-0.15, -0.1) is 11.6 Å². The number of epoxide rings is 1. The number of fused-ring (bicyclic) bond motifs is 3. The van der Waals surface area contributed by atoms with Gasteiger partial charge in [0.1, 0.15) is 12.2 Å². The van der Waals surface area contributed by atoms with Crippen molar-refractivity contribution < 1.29 is 48.0 Å². The van der Waals surface area contributed by atoms with Gasteiger partial charge in [-0.25, -0.2) is 14.4 Å². The average Bonchev–Trinajstić information content (AvgIpc) is 3.34. The van der Waals surface area contributed by atoms with E-state index >= 15 is 0 Å². The van der Waals surface area contributed by atoms with Crippen molar-refractivity contribution >= 4 is 35.5 Å². The highest BCUT2D eigenvalue weighted by Crippen LogP contribution is 2.50. The van der Waals surface area contributed by atoms with E-state index in [2.05, 4.69) is 6.58 Å². The molecular formula is C23H29ClO10. The Morgan fingerprint density at radius 3 is 2.56 bits per heavy atom. The molecular weight excluding hydrogens is 472 g/mol. The van der Waals surface area contributed by atoms with E-state index in [0.29, 0.717) is 12.8 Å². The van der Waals surface area contributed by atoms with Crippen molar-refractivity contribution in [3.63, 3.8) is 0 Å². The van der Waals surface area contributed by atoms with Gasteiger partial charge in [0, 0.05) is 12.5 Å². The summed E-state index contributed by atoms with van der Waals surface area (Å²) in [5.74, 6) is -4.55. The van der Waals surface area contributed by atoms with Gasteiger partial charge in [-0.3, -0.25) is 4.79 Å². The van der Waals surface area contributed by atoms with Crippen LogP contribution in [-0.4, -0.2) is 77.1 Å². The summed E-state index contributed by atoms with van der Waals surface area (Å²) >= 11 is 5.98. The predicted octanol–water partition coefficient (Wildman–Crippen LogP) is 1.36. The van der Waals surface area contributed by atoms with Crippen LogP contribution in [0.4, 0.5) is 0 Å². The number of halogens is 1. The average molecular weight is 501 g/mol. The number of hydrogen-bond acceptors (Lipinski definition) is 10. The Labute approximate surface area is 202 Å². The van der Waals surface area contributed by atoms with Gasteiger partial charge in [-0.2, -0.15) is 0 Å². The normalized spacial score (nSPS) is 36.9. The molecule has 188 valence electrons. The minimum absolute atomic E-state index is 0.0545. The van der Waals surface area contributed by atoms with E-state index in [9.17, 15) is 24.3 Å². The Morgan fingerprint density at radius 2 is 2.00 bits per heavy atom. The van der Waals surface area contributed by atoms with Crippen molar-refractivity contribution in [1.29, 1.82) is 0 Å². The van der Waals surface area contributed by atoms with E-state index in [1.807, 2.05) is 6.92 Å². The van der Waals surface area contributed by atoms with Crippen LogP contribution in [-0.2, 0) is 42.9 Å². The highest BCUT2D eigenvalue weighted by Gasteiger charge is 2.65. The summed E-state index contributed by atoms with van der Waals surface area (Å²) in [6.07, 6.45) is -2.12. The molecule has 0 bridgehead atoms. The summed E-state index contributed by atoms with van der Waals surface area (Å²) in [5.41, 5.74) is -2.95. The summed E-state index contributed by atoms with van der Waals surface area (Å²) in [6, 6.07) is 0. The van der Waals surface area contributed by atoms with Gasteiger partial charge in [0.05, 0.1) is 29.6 Å². The highest BCUT2D eigenvalue weighted by atomic mass is 35.5. The smallest absolute Gasteiger partial charge is 0.339 e. The summed E-state index contributed by atoms with van der Waals surface area (Å²) < 4.78 is 27.4. The second kappa shape index (κ2) is 9.31. The predicted molar refractivity (Wildman–Crippen MR) is 116 cm³/mol. The van der Waals surface area contributed by atoms with Crippen molar-refractivity contribution in [3.8, 4) is 0 Å². The molecule has 1 aliphatic carbocycles. The molecule has 0 spiro atoms. The van der Waals surface area contributed by atoms with E-state index in [-0.39, 0.29) is 11.1 Å². The van der Waals surface area contributed by atoms with Crippen molar-refractivity contribution in [1.82, 2.24) is 0 Å². The number of aliphatic hydroxyl groups is 1. The fourth-order valence-corrected chi connectivity index (χ4v) is 4.37. The molecule has 0 aromatic carbocycles. The standard InChI is InChI=1S/C23H29ClO10/c1-10-14-16(33-21(28)23(5,29)11(2)24)15(31-12(3)25)13(20(27)30-6)8-7-9-22(4)18(34-22)17(14)32-19(10)26/h8,11,14-18,29H,1,7,9H2,2-6H3/b13-8+/t11-,14-,15-,16+,17+,18+,22-,23+/m1/s1. The molecule has 10 nitrogen and oxygen atoms in total. The van der Waals surface area contributed by atoms with Crippen LogP contribution in [0.1, 0.15) is 40.5 Å². The molecule has 0 radical (unpaired) electrons. The fraction of sp³-hybridized carbons (Fsp3) is 0.652. The minimum Gasteiger partial charge on any atom is -0.466 e. The lowest BCUT2D eigenvalue weighted by Gasteiger charge is -2.35. The van der Waals surface area contributed by atoms with Gasteiger partial charge in [0.2, 0.25) is 0 Å². The second-order valence-electron chi connectivity index (χ2n) is 9.13. The van der Waals surface area contributed by atoms with E-state index in [1.165, 1.54) is 13.0 Å². The van der Waals surface area contributed by atoms with Gasteiger partial charge < -0.3 is 28.8 Å². The number of esters is 4. The molecule has 2 fully saturated rings. The number of methoxy groups -OCH3 is 1. The zero-order valence-corrected chi connectivity index (χ0v) is 20.4. The summed E-state index contributed by atoms with van der Waals surface area (Å²) in [5, 5.41) is 9.54. The maximum absolute atomic E-state index is 13.0. The molecule has 8 atom stereocenters. The SMILES string of the molecule is C=C1C(=O)O[C@H]2[C@H]1[C@H](OC(=O)[C@@](C)(O)[C@@H](C)Cl)[C@H](OC(C)=O)/C(C(=O)OC)=C\CC[C@@]1(C)O[C@@H]21. The van der Waals surface area contributed by atoms with Crippen molar-refractivity contribution in [2.45, 2.75) is 81.5 Å². The lowest BCUT2D eigenvalue weighted by atomic mass is 9.80. The Kier molecular flexibility index (Phi) is 7.17. The van der Waals surface area contributed by atoms with Crippen LogP contribution in [0.3, 0.4) is 0 Å². The van der Waals surface area contributed by atoms with Crippen molar-refractivity contribution in [2.75, 3.05) is 7.11 Å². The zero-order chi connectivity index (χ0) is 25.6. The maximum Gasteiger partial charge on any atom is 0.339 e. The lowest BCUT2D eigenvalue weighted by Crippen LogP contribution is -2.52. The topological polar surface area (TPSA) is 138 Å². The van der Waals surface area contributed by atoms with E-state index in [4.69, 9.17) is 35.3 Å². The molecule has 0 aromatic rings. The van der Waals surface area contributed by atoms with Crippen molar-refractivity contribution in [2.24, 2.45) is 5.92 Å². The third-order valence-corrected chi connectivity index (χ3v) is 7.03. The van der Waals surface area contributed by atoms with Gasteiger partial charge in [-0.1, -0.05) is 12.7 Å². The molecule has 3 aliphatic rings. The number of ether oxygens (including phenoxy) is 5. The van der Waals surface area contributed by atoms with Gasteiger partial charge in [0.15, 0.2) is 17.8 Å². The Balaban J connectivity index is 2.18. The van der Waals surface area contributed by atoms with Gasteiger partial charge in [-0.05, 0) is 33.6 Å². The first-order valence-corrected chi connectivity index (χ1v) is 11.3. The summed E-state index contributed by atoms with van der Waals surface area (Å²) in [4.78, 5) is 50.3. The quantitative estimate of drug-likeness (QED) is 0.193. The molecule has 3 rings (SSSR count). The van der Waals surface area contributed by atoms with Crippen LogP contribution in [0.2, 0.25) is 0 Å². The highest BCUT2D eigenvalue weighted by molar-refractivity contribution is 6.22. The molecule has 2 aliphatic heterocycles. The zero-order valence-electron chi connectivity index (χ0n) is 19.7. The van der Waals surface area contributed by atoms with Crippen LogP contribution in [0.5, 0.6) is 0 Å². The number of alkyl halides is 1. The number of carbonyl (C=O) groups excluding carboxylic acids is 4. The molecule has 0 unspecified atom stereocenters. The Morgan fingerprint density at radius 1 is 1.35 bits per heavy atom. The molecule has 1 N–H and O–H groups in total. The second-order valence-corrected chi connectivity index (χ2v) is 9.78. The Bertz CT molecular complexity index is 938. The molecule has 0 saturated carbocycles. The van der Waals surface area contributed by atoms with E-state index < -0.39 is 70.8 Å².